The van der Waals surface area contributed by atoms with Crippen molar-refractivity contribution in [1.29, 1.82) is 0 Å². The van der Waals surface area contributed by atoms with Gasteiger partial charge in [0.1, 0.15) is 5.82 Å². The summed E-state index contributed by atoms with van der Waals surface area (Å²) in [5, 5.41) is 12.6. The first kappa shape index (κ1) is 18.6. The van der Waals surface area contributed by atoms with Gasteiger partial charge in [0.2, 0.25) is 11.0 Å². The van der Waals surface area contributed by atoms with Crippen LogP contribution in [0.25, 0.3) is 11.3 Å². The Labute approximate surface area is 177 Å². The van der Waals surface area contributed by atoms with E-state index in [0.717, 1.165) is 22.6 Å². The smallest absolute Gasteiger partial charge is 0.247 e. The fourth-order valence-electron chi connectivity index (χ4n) is 3.22. The van der Waals surface area contributed by atoms with Gasteiger partial charge in [0.05, 0.1) is 0 Å². The highest BCUT2D eigenvalue weighted by molar-refractivity contribution is 7.98. The summed E-state index contributed by atoms with van der Waals surface area (Å²) in [5.74, 6) is 0.835. The predicted octanol–water partition coefficient (Wildman–Crippen LogP) is 5.47. The van der Waals surface area contributed by atoms with E-state index in [1.54, 1.807) is 12.1 Å². The van der Waals surface area contributed by atoms with E-state index in [0.29, 0.717) is 16.7 Å². The van der Waals surface area contributed by atoms with Crippen molar-refractivity contribution in [3.63, 3.8) is 0 Å². The molecule has 0 amide bonds. The van der Waals surface area contributed by atoms with Crippen LogP contribution in [-0.4, -0.2) is 15.2 Å². The van der Waals surface area contributed by atoms with Crippen molar-refractivity contribution in [2.75, 3.05) is 5.32 Å². The molecule has 0 aliphatic carbocycles. The molecule has 1 atom stereocenters. The molecule has 4 aromatic rings. The van der Waals surface area contributed by atoms with Crippen LogP contribution in [0, 0.1) is 5.82 Å². The van der Waals surface area contributed by atoms with E-state index >= 15 is 0 Å². The first-order valence-electron chi connectivity index (χ1n) is 9.46. The molecule has 0 radical (unpaired) electrons. The molecule has 1 aromatic heterocycles. The molecule has 0 saturated heterocycles. The Morgan fingerprint density at radius 3 is 2.50 bits per heavy atom. The van der Waals surface area contributed by atoms with Crippen LogP contribution in [-0.2, 0) is 5.75 Å². The van der Waals surface area contributed by atoms with Gasteiger partial charge in [-0.3, -0.25) is 0 Å². The average molecular weight is 416 g/mol. The maximum atomic E-state index is 13.4. The monoisotopic (exact) mass is 416 g/mol. The lowest BCUT2D eigenvalue weighted by Gasteiger charge is -2.19. The summed E-state index contributed by atoms with van der Waals surface area (Å²) >= 11 is 1.50. The third-order valence-corrected chi connectivity index (χ3v) is 5.63. The highest BCUT2D eigenvalue weighted by Gasteiger charge is 2.26. The van der Waals surface area contributed by atoms with Crippen LogP contribution < -0.4 is 10.1 Å². The number of thioether (sulfide) groups is 1. The van der Waals surface area contributed by atoms with Crippen LogP contribution in [0.2, 0.25) is 0 Å². The molecule has 148 valence electrons. The highest BCUT2D eigenvalue weighted by Crippen LogP contribution is 2.39. The largest absolute Gasteiger partial charge is 0.448 e. The zero-order valence-corrected chi connectivity index (χ0v) is 16.6. The van der Waals surface area contributed by atoms with E-state index in [9.17, 15) is 4.39 Å². The second kappa shape index (κ2) is 8.12. The van der Waals surface area contributed by atoms with Crippen molar-refractivity contribution in [2.45, 2.75) is 17.1 Å². The SMILES string of the molecule is Fc1ccc([C@@H]2Nc3ccccc3-c3nnc(SCc4ccccc4)nc3O2)cc1. The number of nitrogens with zero attached hydrogens (tertiary/aromatic N) is 3. The van der Waals surface area contributed by atoms with Gasteiger partial charge < -0.3 is 10.1 Å². The summed E-state index contributed by atoms with van der Waals surface area (Å²) in [4.78, 5) is 4.63. The molecule has 1 aliphatic heterocycles. The minimum Gasteiger partial charge on any atom is -0.448 e. The van der Waals surface area contributed by atoms with Crippen LogP contribution in [0.4, 0.5) is 10.1 Å². The number of nitrogens with one attached hydrogen (secondary N) is 1. The van der Waals surface area contributed by atoms with Gasteiger partial charge in [-0.2, -0.15) is 4.98 Å². The Balaban J connectivity index is 1.50. The number of fused-ring (bicyclic) bond motifs is 3. The number of hydrogen-bond donors (Lipinski definition) is 1. The normalized spacial score (nSPS) is 14.6. The molecule has 1 aliphatic rings. The second-order valence-corrected chi connectivity index (χ2v) is 7.70. The molecule has 3 aromatic carbocycles. The molecular formula is C23H17FN4OS. The molecule has 30 heavy (non-hydrogen) atoms. The topological polar surface area (TPSA) is 59.9 Å². The molecule has 0 unspecified atom stereocenters. The lowest BCUT2D eigenvalue weighted by Crippen LogP contribution is -2.17. The first-order chi connectivity index (χ1) is 14.8. The summed E-state index contributed by atoms with van der Waals surface area (Å²) in [6.45, 7) is 0. The van der Waals surface area contributed by atoms with E-state index in [-0.39, 0.29) is 5.82 Å². The Hall–Kier alpha value is -3.45. The number of hydrogen-bond acceptors (Lipinski definition) is 6. The van der Waals surface area contributed by atoms with E-state index in [2.05, 4.69) is 32.6 Å². The van der Waals surface area contributed by atoms with Crippen molar-refractivity contribution in [3.05, 3.63) is 95.8 Å². The number of anilines is 1. The lowest BCUT2D eigenvalue weighted by molar-refractivity contribution is 0.225. The van der Waals surface area contributed by atoms with Crippen LogP contribution >= 0.6 is 11.8 Å². The zero-order chi connectivity index (χ0) is 20.3. The van der Waals surface area contributed by atoms with Crippen LogP contribution in [0.3, 0.4) is 0 Å². The number of halogens is 1. The Kier molecular flexibility index (Phi) is 5.03. The lowest BCUT2D eigenvalue weighted by atomic mass is 10.1. The van der Waals surface area contributed by atoms with Crippen LogP contribution in [0.5, 0.6) is 5.88 Å². The third kappa shape index (κ3) is 3.84. The summed E-state index contributed by atoms with van der Waals surface area (Å²) in [5.41, 5.74) is 4.25. The maximum Gasteiger partial charge on any atom is 0.247 e. The van der Waals surface area contributed by atoms with Crippen molar-refractivity contribution in [2.24, 2.45) is 0 Å². The standard InChI is InChI=1S/C23H17FN4OS/c24-17-12-10-16(11-13-17)21-25-19-9-5-4-8-18(19)20-22(29-21)26-23(28-27-20)30-14-15-6-2-1-3-7-15/h1-13,21,25H,14H2/t21-/m1/s1. The van der Waals surface area contributed by atoms with E-state index < -0.39 is 6.23 Å². The number of ether oxygens (including phenoxy) is 1. The molecule has 0 bridgehead atoms. The fraction of sp³-hybridized carbons (Fsp3) is 0.0870. The van der Waals surface area contributed by atoms with Crippen molar-refractivity contribution in [1.82, 2.24) is 15.2 Å². The van der Waals surface area contributed by atoms with Gasteiger partial charge in [0.15, 0.2) is 11.9 Å². The number of para-hydroxylation sites is 1. The van der Waals surface area contributed by atoms with Gasteiger partial charge in [-0.05, 0) is 23.8 Å². The van der Waals surface area contributed by atoms with E-state index in [1.807, 2.05) is 42.5 Å². The zero-order valence-electron chi connectivity index (χ0n) is 15.8. The molecule has 0 fully saturated rings. The fourth-order valence-corrected chi connectivity index (χ4v) is 3.95. The molecule has 5 rings (SSSR count). The van der Waals surface area contributed by atoms with Gasteiger partial charge in [-0.1, -0.05) is 72.4 Å². The maximum absolute atomic E-state index is 13.4. The molecule has 5 nitrogen and oxygen atoms in total. The van der Waals surface area contributed by atoms with Gasteiger partial charge in [-0.15, -0.1) is 10.2 Å². The molecular weight excluding hydrogens is 399 g/mol. The number of benzene rings is 3. The molecule has 0 spiro atoms. The minimum absolute atomic E-state index is 0.295. The molecule has 7 heteroatoms. The summed E-state index contributed by atoms with van der Waals surface area (Å²) < 4.78 is 19.6. The number of rotatable bonds is 4. The Morgan fingerprint density at radius 2 is 1.67 bits per heavy atom. The second-order valence-electron chi connectivity index (χ2n) is 6.76. The van der Waals surface area contributed by atoms with Gasteiger partial charge >= 0.3 is 0 Å². The summed E-state index contributed by atoms with van der Waals surface area (Å²) in [6.07, 6.45) is -0.531. The van der Waals surface area contributed by atoms with E-state index in [4.69, 9.17) is 4.74 Å². The van der Waals surface area contributed by atoms with Gasteiger partial charge in [0.25, 0.3) is 0 Å². The molecule has 2 heterocycles. The quantitative estimate of drug-likeness (QED) is 0.445. The molecule has 1 N–H and O–H groups in total. The van der Waals surface area contributed by atoms with Gasteiger partial charge in [-0.25, -0.2) is 4.39 Å². The summed E-state index contributed by atoms with van der Waals surface area (Å²) in [6, 6.07) is 24.1. The Morgan fingerprint density at radius 1 is 0.900 bits per heavy atom. The van der Waals surface area contributed by atoms with Gasteiger partial charge in [0, 0.05) is 22.6 Å². The van der Waals surface area contributed by atoms with Crippen molar-refractivity contribution < 1.29 is 9.13 Å². The van der Waals surface area contributed by atoms with Crippen LogP contribution in [0.1, 0.15) is 17.4 Å². The minimum atomic E-state index is -0.531. The van der Waals surface area contributed by atoms with Crippen molar-refractivity contribution in [3.8, 4) is 17.1 Å². The van der Waals surface area contributed by atoms with Crippen molar-refractivity contribution >= 4 is 17.4 Å². The van der Waals surface area contributed by atoms with Crippen LogP contribution in [0.15, 0.2) is 84.0 Å². The Bertz CT molecular complexity index is 1170. The highest BCUT2D eigenvalue weighted by atomic mass is 32.2. The first-order valence-corrected chi connectivity index (χ1v) is 10.4. The molecule has 0 saturated carbocycles. The third-order valence-electron chi connectivity index (χ3n) is 4.72. The number of aromatic nitrogens is 3. The predicted molar refractivity (Wildman–Crippen MR) is 115 cm³/mol. The summed E-state index contributed by atoms with van der Waals surface area (Å²) in [7, 11) is 0. The van der Waals surface area contributed by atoms with E-state index in [1.165, 1.54) is 29.5 Å². The average Bonchev–Trinajstić information content (AvgIpc) is 2.95.